The van der Waals surface area contributed by atoms with E-state index >= 15 is 0 Å². The molecule has 0 heterocycles. The highest BCUT2D eigenvalue weighted by Crippen LogP contribution is 2.36. The minimum absolute atomic E-state index is 0.0326. The van der Waals surface area contributed by atoms with Crippen molar-refractivity contribution in [1.29, 1.82) is 0 Å². The Morgan fingerprint density at radius 2 is 1.42 bits per heavy atom. The fourth-order valence-electron chi connectivity index (χ4n) is 1.15. The predicted octanol–water partition coefficient (Wildman–Crippen LogP) is 3.19. The summed E-state index contributed by atoms with van der Waals surface area (Å²) in [5, 5.41) is 0. The lowest BCUT2D eigenvalue weighted by molar-refractivity contribution is -0.299. The molecule has 2 N–H and O–H groups in total. The molecule has 19 heavy (non-hydrogen) atoms. The molecular formula is C10H7F6NOS. The summed E-state index contributed by atoms with van der Waals surface area (Å²) >= 11 is 4.59. The Kier molecular flexibility index (Phi) is 4.28. The van der Waals surface area contributed by atoms with Gasteiger partial charge in [0.15, 0.2) is 0 Å². The van der Waals surface area contributed by atoms with Crippen LogP contribution in [-0.4, -0.2) is 23.4 Å². The number of hydrogen-bond donors (Lipinski definition) is 1. The Labute approximate surface area is 109 Å². The van der Waals surface area contributed by atoms with Gasteiger partial charge in [-0.1, -0.05) is 12.2 Å². The van der Waals surface area contributed by atoms with Crippen LogP contribution >= 0.6 is 12.2 Å². The summed E-state index contributed by atoms with van der Waals surface area (Å²) in [5.74, 6) is -0.584. The third-order valence-electron chi connectivity index (χ3n) is 1.99. The summed E-state index contributed by atoms with van der Waals surface area (Å²) in [7, 11) is 0. The third-order valence-corrected chi connectivity index (χ3v) is 2.22. The van der Waals surface area contributed by atoms with Crippen LogP contribution in [0.15, 0.2) is 24.3 Å². The van der Waals surface area contributed by atoms with Gasteiger partial charge in [-0.15, -0.1) is 0 Å². The van der Waals surface area contributed by atoms with E-state index in [-0.39, 0.29) is 4.99 Å². The summed E-state index contributed by atoms with van der Waals surface area (Å²) < 4.78 is 77.3. The highest BCUT2D eigenvalue weighted by Gasteiger charge is 2.59. The molecule has 0 unspecified atom stereocenters. The molecule has 1 aromatic carbocycles. The van der Waals surface area contributed by atoms with Gasteiger partial charge in [-0.3, -0.25) is 0 Å². The molecule has 1 aromatic rings. The Morgan fingerprint density at radius 3 is 1.74 bits per heavy atom. The number of hydrogen-bond acceptors (Lipinski definition) is 2. The van der Waals surface area contributed by atoms with Gasteiger partial charge < -0.3 is 10.5 Å². The van der Waals surface area contributed by atoms with E-state index in [1.807, 2.05) is 0 Å². The molecule has 0 bridgehead atoms. The average molecular weight is 303 g/mol. The molecule has 0 spiro atoms. The van der Waals surface area contributed by atoms with Crippen LogP contribution in [0.1, 0.15) is 5.56 Å². The predicted molar refractivity (Wildman–Crippen MR) is 58.9 cm³/mol. The largest absolute Gasteiger partial charge is 0.471 e. The van der Waals surface area contributed by atoms with Crippen LogP contribution in [0.3, 0.4) is 0 Å². The van der Waals surface area contributed by atoms with E-state index in [0.29, 0.717) is 5.56 Å². The van der Waals surface area contributed by atoms with Crippen LogP contribution in [0.25, 0.3) is 0 Å². The van der Waals surface area contributed by atoms with E-state index in [4.69, 9.17) is 5.73 Å². The molecule has 0 saturated carbocycles. The molecule has 0 fully saturated rings. The molecule has 0 aliphatic rings. The zero-order valence-electron chi connectivity index (χ0n) is 9.05. The minimum Gasteiger partial charge on any atom is -0.471 e. The van der Waals surface area contributed by atoms with Crippen LogP contribution in [0.4, 0.5) is 26.3 Å². The first-order chi connectivity index (χ1) is 8.51. The summed E-state index contributed by atoms with van der Waals surface area (Å²) in [6.07, 6.45) is -15.0. The number of ether oxygens (including phenoxy) is 1. The second-order valence-electron chi connectivity index (χ2n) is 3.47. The maximum Gasteiger partial charge on any atom is 0.434 e. The summed E-state index contributed by atoms with van der Waals surface area (Å²) in [4.78, 5) is -0.0326. The minimum atomic E-state index is -5.56. The van der Waals surface area contributed by atoms with Crippen molar-refractivity contribution < 1.29 is 31.1 Å². The van der Waals surface area contributed by atoms with Gasteiger partial charge in [0, 0.05) is 5.56 Å². The second-order valence-corrected chi connectivity index (χ2v) is 3.91. The van der Waals surface area contributed by atoms with E-state index in [9.17, 15) is 26.3 Å². The number of rotatable bonds is 3. The quantitative estimate of drug-likeness (QED) is 0.688. The van der Waals surface area contributed by atoms with Gasteiger partial charge in [0.1, 0.15) is 10.7 Å². The third kappa shape index (κ3) is 4.27. The van der Waals surface area contributed by atoms with Crippen LogP contribution in [0, 0.1) is 0 Å². The van der Waals surface area contributed by atoms with Crippen LogP contribution in [0.5, 0.6) is 5.75 Å². The van der Waals surface area contributed by atoms with Gasteiger partial charge in [-0.05, 0) is 24.3 Å². The SMILES string of the molecule is NC(=S)c1ccc(OC(C(F)(F)F)C(F)(F)F)cc1. The second kappa shape index (κ2) is 5.24. The van der Waals surface area contributed by atoms with Crippen molar-refractivity contribution in [2.75, 3.05) is 0 Å². The van der Waals surface area contributed by atoms with Crippen LogP contribution < -0.4 is 10.5 Å². The van der Waals surface area contributed by atoms with Gasteiger partial charge >= 0.3 is 12.4 Å². The first kappa shape index (κ1) is 15.5. The Balaban J connectivity index is 2.95. The smallest absolute Gasteiger partial charge is 0.434 e. The fourth-order valence-corrected chi connectivity index (χ4v) is 1.29. The summed E-state index contributed by atoms with van der Waals surface area (Å²) in [6.45, 7) is 0. The molecule has 9 heteroatoms. The lowest BCUT2D eigenvalue weighted by Gasteiger charge is -2.23. The zero-order chi connectivity index (χ0) is 14.8. The Bertz CT molecular complexity index is 439. The normalized spacial score (nSPS) is 12.6. The molecule has 0 aliphatic heterocycles. The van der Waals surface area contributed by atoms with E-state index in [2.05, 4.69) is 17.0 Å². The van der Waals surface area contributed by atoms with Crippen LogP contribution in [-0.2, 0) is 0 Å². The molecule has 0 aliphatic carbocycles. The molecule has 1 rings (SSSR count). The van der Waals surface area contributed by atoms with Crippen molar-refractivity contribution in [3.05, 3.63) is 29.8 Å². The Hall–Kier alpha value is -1.51. The summed E-state index contributed by atoms with van der Waals surface area (Å²) in [5.41, 5.74) is 5.54. The number of benzene rings is 1. The molecule has 0 aromatic heterocycles. The van der Waals surface area contributed by atoms with Gasteiger partial charge in [0.2, 0.25) is 0 Å². The number of halogens is 6. The van der Waals surface area contributed by atoms with Crippen molar-refractivity contribution >= 4 is 17.2 Å². The molecule has 0 radical (unpaired) electrons. The fraction of sp³-hybridized carbons (Fsp3) is 0.300. The zero-order valence-corrected chi connectivity index (χ0v) is 9.86. The van der Waals surface area contributed by atoms with E-state index in [0.717, 1.165) is 12.1 Å². The van der Waals surface area contributed by atoms with E-state index < -0.39 is 24.2 Å². The molecule has 0 amide bonds. The topological polar surface area (TPSA) is 35.2 Å². The van der Waals surface area contributed by atoms with Crippen molar-refractivity contribution in [2.45, 2.75) is 18.5 Å². The molecule has 2 nitrogen and oxygen atoms in total. The van der Waals surface area contributed by atoms with Gasteiger partial charge in [-0.25, -0.2) is 0 Å². The van der Waals surface area contributed by atoms with Crippen molar-refractivity contribution in [3.63, 3.8) is 0 Å². The van der Waals surface area contributed by atoms with Crippen molar-refractivity contribution in [1.82, 2.24) is 0 Å². The average Bonchev–Trinajstić information content (AvgIpc) is 2.23. The molecular weight excluding hydrogens is 296 g/mol. The highest BCUT2D eigenvalue weighted by atomic mass is 32.1. The number of nitrogens with two attached hydrogens (primary N) is 1. The monoisotopic (exact) mass is 303 g/mol. The lowest BCUT2D eigenvalue weighted by atomic mass is 10.2. The maximum atomic E-state index is 12.2. The number of thiocarbonyl (C=S) groups is 1. The van der Waals surface area contributed by atoms with Crippen LogP contribution in [0.2, 0.25) is 0 Å². The maximum absolute atomic E-state index is 12.2. The van der Waals surface area contributed by atoms with Gasteiger partial charge in [0.05, 0.1) is 0 Å². The Morgan fingerprint density at radius 1 is 1.00 bits per heavy atom. The highest BCUT2D eigenvalue weighted by molar-refractivity contribution is 7.80. The van der Waals surface area contributed by atoms with Gasteiger partial charge in [0.25, 0.3) is 6.10 Å². The van der Waals surface area contributed by atoms with E-state index in [1.165, 1.54) is 12.1 Å². The standard InChI is InChI=1S/C10H7F6NOS/c11-9(12,13)8(10(14,15)16)18-6-3-1-5(2-4-6)7(17)19/h1-4,8H,(H2,17,19). The lowest BCUT2D eigenvalue weighted by Crippen LogP contribution is -2.46. The first-order valence-corrected chi connectivity index (χ1v) is 5.12. The molecule has 0 atom stereocenters. The number of alkyl halides is 6. The molecule has 0 saturated heterocycles. The molecule has 106 valence electrons. The first-order valence-electron chi connectivity index (χ1n) is 4.72. The van der Waals surface area contributed by atoms with Crippen molar-refractivity contribution in [3.8, 4) is 5.75 Å². The van der Waals surface area contributed by atoms with Crippen molar-refractivity contribution in [2.24, 2.45) is 5.73 Å². The van der Waals surface area contributed by atoms with Gasteiger partial charge in [-0.2, -0.15) is 26.3 Å². The summed E-state index contributed by atoms with van der Waals surface area (Å²) in [6, 6.07) is 4.20. The van der Waals surface area contributed by atoms with E-state index in [1.54, 1.807) is 0 Å².